The summed E-state index contributed by atoms with van der Waals surface area (Å²) in [5, 5.41) is 1.78. The number of nitrogens with zero attached hydrogens (tertiary/aromatic N) is 3. The second-order valence-corrected chi connectivity index (χ2v) is 6.33. The van der Waals surface area contributed by atoms with Crippen molar-refractivity contribution in [2.75, 3.05) is 13.1 Å². The van der Waals surface area contributed by atoms with Crippen molar-refractivity contribution in [1.29, 1.82) is 0 Å². The lowest BCUT2D eigenvalue weighted by atomic mass is 9.90. The van der Waals surface area contributed by atoms with Gasteiger partial charge in [0, 0.05) is 36.9 Å². The summed E-state index contributed by atoms with van der Waals surface area (Å²) in [6.07, 6.45) is 5.04. The highest BCUT2D eigenvalue weighted by atomic mass is 32.1. The average molecular weight is 306 g/mol. The standard InChI is InChI=1S/C14H18N4O2S/c1-9-3-2-4-17(11(9)7-15)12(19)10-8-16-14-18(13(10)20)5-6-21-14/h5-6,8-9,11H,2-4,7,15H2,1H3/t9-,11+/m0/s1. The highest BCUT2D eigenvalue weighted by Crippen LogP contribution is 2.23. The van der Waals surface area contributed by atoms with E-state index in [1.165, 1.54) is 21.9 Å². The molecule has 1 fully saturated rings. The molecule has 3 heterocycles. The number of hydrogen-bond donors (Lipinski definition) is 1. The molecule has 1 amide bonds. The van der Waals surface area contributed by atoms with E-state index in [4.69, 9.17) is 5.73 Å². The number of aromatic nitrogens is 2. The molecule has 1 aliphatic rings. The zero-order valence-electron chi connectivity index (χ0n) is 11.9. The van der Waals surface area contributed by atoms with E-state index in [1.54, 1.807) is 16.5 Å². The number of piperidine rings is 1. The molecule has 2 N–H and O–H groups in total. The minimum atomic E-state index is -0.305. The number of carbonyl (C=O) groups excluding carboxylic acids is 1. The summed E-state index contributed by atoms with van der Waals surface area (Å²) in [4.78, 5) is 31.7. The molecule has 1 aliphatic heterocycles. The van der Waals surface area contributed by atoms with Gasteiger partial charge in [-0.05, 0) is 18.8 Å². The Labute approximate surface area is 126 Å². The average Bonchev–Trinajstić information content (AvgIpc) is 2.96. The van der Waals surface area contributed by atoms with Crippen molar-refractivity contribution in [3.05, 3.63) is 33.7 Å². The van der Waals surface area contributed by atoms with E-state index < -0.39 is 0 Å². The van der Waals surface area contributed by atoms with Crippen LogP contribution in [0.1, 0.15) is 30.1 Å². The molecule has 6 nitrogen and oxygen atoms in total. The van der Waals surface area contributed by atoms with Gasteiger partial charge in [0.2, 0.25) is 0 Å². The van der Waals surface area contributed by atoms with Gasteiger partial charge in [-0.3, -0.25) is 14.0 Å². The van der Waals surface area contributed by atoms with Crippen LogP contribution >= 0.6 is 11.3 Å². The van der Waals surface area contributed by atoms with E-state index in [0.717, 1.165) is 12.8 Å². The number of likely N-dealkylation sites (tertiary alicyclic amines) is 1. The normalized spacial score (nSPS) is 22.7. The van der Waals surface area contributed by atoms with E-state index in [9.17, 15) is 9.59 Å². The number of thiazole rings is 1. The van der Waals surface area contributed by atoms with Crippen molar-refractivity contribution in [1.82, 2.24) is 14.3 Å². The van der Waals surface area contributed by atoms with E-state index in [1.807, 2.05) is 0 Å². The maximum absolute atomic E-state index is 12.7. The van der Waals surface area contributed by atoms with Crippen LogP contribution in [0.15, 0.2) is 22.6 Å². The van der Waals surface area contributed by atoms with Gasteiger partial charge in [0.1, 0.15) is 5.56 Å². The van der Waals surface area contributed by atoms with Crippen LogP contribution in [0.4, 0.5) is 0 Å². The van der Waals surface area contributed by atoms with Crippen molar-refractivity contribution < 1.29 is 4.79 Å². The fourth-order valence-corrected chi connectivity index (χ4v) is 3.66. The van der Waals surface area contributed by atoms with Gasteiger partial charge in [-0.25, -0.2) is 4.98 Å². The van der Waals surface area contributed by atoms with Crippen LogP contribution in [0.5, 0.6) is 0 Å². The molecule has 0 radical (unpaired) electrons. The van der Waals surface area contributed by atoms with Crippen molar-refractivity contribution in [2.45, 2.75) is 25.8 Å². The number of amides is 1. The predicted molar refractivity (Wildman–Crippen MR) is 81.6 cm³/mol. The molecule has 7 heteroatoms. The summed E-state index contributed by atoms with van der Waals surface area (Å²) in [6, 6.07) is -0.00572. The molecule has 0 bridgehead atoms. The molecule has 0 aromatic carbocycles. The van der Waals surface area contributed by atoms with Crippen LogP contribution in [0, 0.1) is 5.92 Å². The van der Waals surface area contributed by atoms with Crippen molar-refractivity contribution in [3.63, 3.8) is 0 Å². The van der Waals surface area contributed by atoms with E-state index in [2.05, 4.69) is 11.9 Å². The zero-order valence-corrected chi connectivity index (χ0v) is 12.7. The molecule has 3 rings (SSSR count). The molecular formula is C14H18N4O2S. The van der Waals surface area contributed by atoms with Gasteiger partial charge < -0.3 is 10.6 Å². The fraction of sp³-hybridized carbons (Fsp3) is 0.500. The molecule has 0 spiro atoms. The quantitative estimate of drug-likeness (QED) is 0.896. The number of nitrogens with two attached hydrogens (primary N) is 1. The monoisotopic (exact) mass is 306 g/mol. The first kappa shape index (κ1) is 14.2. The molecule has 2 aromatic heterocycles. The summed E-state index contributed by atoms with van der Waals surface area (Å²) in [7, 11) is 0. The maximum Gasteiger partial charge on any atom is 0.271 e. The van der Waals surface area contributed by atoms with E-state index in [-0.39, 0.29) is 23.1 Å². The number of fused-ring (bicyclic) bond motifs is 1. The first-order valence-corrected chi connectivity index (χ1v) is 7.97. The SMILES string of the molecule is C[C@H]1CCCN(C(=O)c2cnc3sccn3c2=O)[C@@H]1CN. The van der Waals surface area contributed by atoms with Crippen molar-refractivity contribution in [3.8, 4) is 0 Å². The fourth-order valence-electron chi connectivity index (χ4n) is 2.99. The van der Waals surface area contributed by atoms with Gasteiger partial charge in [0.25, 0.3) is 11.5 Å². The molecule has 2 atom stereocenters. The third-order valence-electron chi connectivity index (χ3n) is 4.19. The van der Waals surface area contributed by atoms with E-state index in [0.29, 0.717) is 24.0 Å². The Balaban J connectivity index is 1.99. The maximum atomic E-state index is 12.7. The molecule has 2 aromatic rings. The topological polar surface area (TPSA) is 80.7 Å². The first-order chi connectivity index (χ1) is 10.1. The van der Waals surface area contributed by atoms with Gasteiger partial charge >= 0.3 is 0 Å². The minimum Gasteiger partial charge on any atom is -0.334 e. The van der Waals surface area contributed by atoms with Crippen LogP contribution in [-0.2, 0) is 0 Å². The molecule has 0 aliphatic carbocycles. The Hall–Kier alpha value is -1.73. The smallest absolute Gasteiger partial charge is 0.271 e. The Morgan fingerprint density at radius 2 is 2.38 bits per heavy atom. The van der Waals surface area contributed by atoms with Gasteiger partial charge in [0.15, 0.2) is 4.96 Å². The molecule has 0 unspecified atom stereocenters. The molecule has 0 saturated carbocycles. The summed E-state index contributed by atoms with van der Waals surface area (Å²) in [5.74, 6) is 0.100. The lowest BCUT2D eigenvalue weighted by molar-refractivity contribution is 0.0530. The van der Waals surface area contributed by atoms with Gasteiger partial charge in [-0.1, -0.05) is 6.92 Å². The summed E-state index contributed by atoms with van der Waals surface area (Å²) in [6.45, 7) is 3.17. The number of rotatable bonds is 2. The second-order valence-electron chi connectivity index (χ2n) is 5.45. The lowest BCUT2D eigenvalue weighted by Gasteiger charge is -2.39. The summed E-state index contributed by atoms with van der Waals surface area (Å²) < 4.78 is 1.42. The highest BCUT2D eigenvalue weighted by molar-refractivity contribution is 7.15. The van der Waals surface area contributed by atoms with Crippen molar-refractivity contribution >= 4 is 22.2 Å². The highest BCUT2D eigenvalue weighted by Gasteiger charge is 2.32. The van der Waals surface area contributed by atoms with Gasteiger partial charge in [0.05, 0.1) is 0 Å². The Bertz CT molecular complexity index is 723. The number of carbonyl (C=O) groups is 1. The predicted octanol–water partition coefficient (Wildman–Crippen LogP) is 0.955. The van der Waals surface area contributed by atoms with Gasteiger partial charge in [-0.2, -0.15) is 0 Å². The Morgan fingerprint density at radius 3 is 3.14 bits per heavy atom. The number of hydrogen-bond acceptors (Lipinski definition) is 5. The molecule has 21 heavy (non-hydrogen) atoms. The van der Waals surface area contributed by atoms with Crippen LogP contribution in [0.2, 0.25) is 0 Å². The Morgan fingerprint density at radius 1 is 1.57 bits per heavy atom. The van der Waals surface area contributed by atoms with E-state index >= 15 is 0 Å². The van der Waals surface area contributed by atoms with Gasteiger partial charge in [-0.15, -0.1) is 11.3 Å². The largest absolute Gasteiger partial charge is 0.334 e. The molecule has 1 saturated heterocycles. The second kappa shape index (κ2) is 5.57. The minimum absolute atomic E-state index is 0.00572. The third kappa shape index (κ3) is 2.36. The molecule has 112 valence electrons. The first-order valence-electron chi connectivity index (χ1n) is 7.09. The van der Waals surface area contributed by atoms with Crippen molar-refractivity contribution in [2.24, 2.45) is 11.7 Å². The van der Waals surface area contributed by atoms with Crippen LogP contribution < -0.4 is 11.3 Å². The summed E-state index contributed by atoms with van der Waals surface area (Å²) >= 11 is 1.37. The third-order valence-corrected chi connectivity index (χ3v) is 4.96. The van der Waals surface area contributed by atoms with Crippen LogP contribution in [0.3, 0.4) is 0 Å². The van der Waals surface area contributed by atoms with Crippen LogP contribution in [0.25, 0.3) is 4.96 Å². The Kier molecular flexibility index (Phi) is 3.77. The summed E-state index contributed by atoms with van der Waals surface area (Å²) in [5.41, 5.74) is 5.64. The lowest BCUT2D eigenvalue weighted by Crippen LogP contribution is -2.52. The molecular weight excluding hydrogens is 288 g/mol. The zero-order chi connectivity index (χ0) is 15.0. The van der Waals surface area contributed by atoms with Crippen LogP contribution in [-0.4, -0.2) is 39.3 Å².